The number of hydrogen-bond donors (Lipinski definition) is 1. The summed E-state index contributed by atoms with van der Waals surface area (Å²) in [6.45, 7) is 5.65. The van der Waals surface area contributed by atoms with Crippen LogP contribution in [0.3, 0.4) is 0 Å². The van der Waals surface area contributed by atoms with Gasteiger partial charge < -0.3 is 10.1 Å². The van der Waals surface area contributed by atoms with Crippen molar-refractivity contribution in [1.29, 1.82) is 0 Å². The van der Waals surface area contributed by atoms with E-state index in [1.807, 2.05) is 19.9 Å². The summed E-state index contributed by atoms with van der Waals surface area (Å²) >= 11 is 0. The Balaban J connectivity index is 2.50. The Kier molecular flexibility index (Phi) is 6.66. The number of amides is 1. The Bertz CT molecular complexity index is 826. The van der Waals surface area contributed by atoms with E-state index in [0.717, 1.165) is 4.68 Å². The summed E-state index contributed by atoms with van der Waals surface area (Å²) in [6, 6.07) is 9.93. The molecule has 1 aromatic heterocycles. The molecule has 0 radical (unpaired) electrons. The van der Waals surface area contributed by atoms with Crippen molar-refractivity contribution in [1.82, 2.24) is 9.78 Å². The average molecular weight is 357 g/mol. The summed E-state index contributed by atoms with van der Waals surface area (Å²) in [7, 11) is 0. The van der Waals surface area contributed by atoms with Crippen LogP contribution in [0.5, 0.6) is 0 Å². The van der Waals surface area contributed by atoms with E-state index >= 15 is 0 Å². The molecule has 1 N–H and O–H groups in total. The van der Waals surface area contributed by atoms with E-state index in [2.05, 4.69) is 10.4 Å². The molecular formula is C19H23N3O4. The highest BCUT2D eigenvalue weighted by atomic mass is 16.5. The predicted molar refractivity (Wildman–Crippen MR) is 98.5 cm³/mol. The van der Waals surface area contributed by atoms with Crippen LogP contribution >= 0.6 is 0 Å². The summed E-state index contributed by atoms with van der Waals surface area (Å²) in [6.07, 6.45) is 1.32. The number of nitrogens with one attached hydrogen (secondary N) is 1. The molecular weight excluding hydrogens is 334 g/mol. The van der Waals surface area contributed by atoms with Gasteiger partial charge in [-0.3, -0.25) is 9.59 Å². The van der Waals surface area contributed by atoms with Crippen molar-refractivity contribution in [3.63, 3.8) is 0 Å². The van der Waals surface area contributed by atoms with Crippen LogP contribution in [0.1, 0.15) is 44.1 Å². The van der Waals surface area contributed by atoms with Crippen LogP contribution in [0.4, 0.5) is 5.69 Å². The fourth-order valence-electron chi connectivity index (χ4n) is 2.55. The van der Waals surface area contributed by atoms with Gasteiger partial charge in [-0.1, -0.05) is 32.0 Å². The van der Waals surface area contributed by atoms with Gasteiger partial charge in [0.05, 0.1) is 18.0 Å². The van der Waals surface area contributed by atoms with Crippen molar-refractivity contribution in [2.75, 3.05) is 11.9 Å². The quantitative estimate of drug-likeness (QED) is 0.770. The Morgan fingerprint density at radius 2 is 1.81 bits per heavy atom. The molecule has 2 aromatic rings. The number of hydrogen-bond acceptors (Lipinski definition) is 5. The van der Waals surface area contributed by atoms with Crippen LogP contribution in [0.25, 0.3) is 5.69 Å². The Labute approximate surface area is 152 Å². The van der Waals surface area contributed by atoms with Crippen LogP contribution in [0, 0.1) is 5.92 Å². The van der Waals surface area contributed by atoms with Crippen molar-refractivity contribution in [2.24, 2.45) is 5.92 Å². The summed E-state index contributed by atoms with van der Waals surface area (Å²) in [4.78, 5) is 37.1. The molecule has 0 saturated carbocycles. The van der Waals surface area contributed by atoms with Crippen molar-refractivity contribution < 1.29 is 14.3 Å². The zero-order valence-electron chi connectivity index (χ0n) is 15.2. The van der Waals surface area contributed by atoms with Crippen LogP contribution < -0.4 is 10.9 Å². The fourth-order valence-corrected chi connectivity index (χ4v) is 2.55. The molecule has 2 rings (SSSR count). The molecule has 138 valence electrons. The number of anilines is 1. The van der Waals surface area contributed by atoms with E-state index in [0.29, 0.717) is 18.5 Å². The lowest BCUT2D eigenvalue weighted by atomic mass is 10.0. The lowest BCUT2D eigenvalue weighted by Crippen LogP contribution is -2.29. The monoisotopic (exact) mass is 357 g/mol. The number of carbonyl (C=O) groups is 2. The molecule has 0 unspecified atom stereocenters. The predicted octanol–water partition coefficient (Wildman–Crippen LogP) is 2.78. The molecule has 0 saturated heterocycles. The molecule has 1 aromatic carbocycles. The molecule has 0 atom stereocenters. The number of para-hydroxylation sites is 1. The third kappa shape index (κ3) is 4.36. The number of benzene rings is 1. The molecule has 26 heavy (non-hydrogen) atoms. The molecule has 1 amide bonds. The lowest BCUT2D eigenvalue weighted by Gasteiger charge is -2.15. The highest BCUT2D eigenvalue weighted by molar-refractivity contribution is 6.00. The molecule has 0 aliphatic carbocycles. The lowest BCUT2D eigenvalue weighted by molar-refractivity contribution is -0.120. The number of esters is 1. The molecule has 0 bridgehead atoms. The first-order valence-corrected chi connectivity index (χ1v) is 8.69. The number of ether oxygens (including phenoxy) is 1. The number of carbonyl (C=O) groups excluding carboxylic acids is 2. The Hall–Kier alpha value is -2.96. The highest BCUT2D eigenvalue weighted by Crippen LogP contribution is 2.17. The maximum absolute atomic E-state index is 12.5. The highest BCUT2D eigenvalue weighted by Gasteiger charge is 2.22. The molecule has 7 heteroatoms. The minimum atomic E-state index is -0.697. The average Bonchev–Trinajstić information content (AvgIpc) is 2.63. The van der Waals surface area contributed by atoms with E-state index in [4.69, 9.17) is 4.74 Å². The minimum absolute atomic E-state index is 0.0672. The third-order valence-electron chi connectivity index (χ3n) is 4.02. The van der Waals surface area contributed by atoms with Crippen LogP contribution in [0.15, 0.2) is 41.2 Å². The second-order valence-electron chi connectivity index (χ2n) is 5.72. The SMILES string of the molecule is CCOC(=O)c1nn(-c2ccccc2)c(=O)cc1NC(=O)C(CC)CC. The van der Waals surface area contributed by atoms with E-state index in [1.54, 1.807) is 31.2 Å². The molecule has 0 fully saturated rings. The molecule has 0 aliphatic rings. The van der Waals surface area contributed by atoms with Crippen LogP contribution in [0.2, 0.25) is 0 Å². The number of aromatic nitrogens is 2. The Morgan fingerprint density at radius 1 is 1.15 bits per heavy atom. The van der Waals surface area contributed by atoms with Gasteiger partial charge in [-0.05, 0) is 31.9 Å². The normalized spacial score (nSPS) is 10.6. The standard InChI is InChI=1S/C19H23N3O4/c1-4-13(5-2)18(24)20-15-12-16(23)22(14-10-8-7-9-11-14)21-17(15)19(25)26-6-3/h7-13H,4-6H2,1-3H3,(H,20,24). The van der Waals surface area contributed by atoms with Gasteiger partial charge in [-0.25, -0.2) is 4.79 Å². The van der Waals surface area contributed by atoms with Crippen molar-refractivity contribution in [3.8, 4) is 5.69 Å². The van der Waals surface area contributed by atoms with E-state index in [1.165, 1.54) is 6.07 Å². The summed E-state index contributed by atoms with van der Waals surface area (Å²) < 4.78 is 6.14. The van der Waals surface area contributed by atoms with Crippen LogP contribution in [-0.2, 0) is 9.53 Å². The van der Waals surface area contributed by atoms with Gasteiger partial charge >= 0.3 is 5.97 Å². The van der Waals surface area contributed by atoms with Gasteiger partial charge in [0.25, 0.3) is 5.56 Å². The van der Waals surface area contributed by atoms with Crippen molar-refractivity contribution in [2.45, 2.75) is 33.6 Å². The second kappa shape index (κ2) is 8.94. The summed E-state index contributed by atoms with van der Waals surface area (Å²) in [5.41, 5.74) is 0.0251. The molecule has 1 heterocycles. The largest absolute Gasteiger partial charge is 0.461 e. The second-order valence-corrected chi connectivity index (χ2v) is 5.72. The maximum atomic E-state index is 12.5. The first-order valence-electron chi connectivity index (χ1n) is 8.69. The van der Waals surface area contributed by atoms with Gasteiger partial charge in [0.1, 0.15) is 0 Å². The summed E-state index contributed by atoms with van der Waals surface area (Å²) in [5, 5.41) is 6.80. The minimum Gasteiger partial charge on any atom is -0.461 e. The van der Waals surface area contributed by atoms with Crippen molar-refractivity contribution >= 4 is 17.6 Å². The van der Waals surface area contributed by atoms with Gasteiger partial charge in [-0.2, -0.15) is 9.78 Å². The molecule has 0 aliphatic heterocycles. The zero-order chi connectivity index (χ0) is 19.1. The van der Waals surface area contributed by atoms with E-state index in [-0.39, 0.29) is 29.8 Å². The number of nitrogens with zero attached hydrogens (tertiary/aromatic N) is 2. The first-order chi connectivity index (χ1) is 12.5. The number of rotatable bonds is 7. The fraction of sp³-hybridized carbons (Fsp3) is 0.368. The maximum Gasteiger partial charge on any atom is 0.360 e. The van der Waals surface area contributed by atoms with Gasteiger partial charge in [0.15, 0.2) is 5.69 Å². The van der Waals surface area contributed by atoms with Crippen molar-refractivity contribution in [3.05, 3.63) is 52.4 Å². The molecule has 0 spiro atoms. The topological polar surface area (TPSA) is 90.3 Å². The zero-order valence-corrected chi connectivity index (χ0v) is 15.2. The summed E-state index contributed by atoms with van der Waals surface area (Å²) in [5.74, 6) is -1.15. The Morgan fingerprint density at radius 3 is 2.38 bits per heavy atom. The first kappa shape index (κ1) is 19.4. The van der Waals surface area contributed by atoms with E-state index in [9.17, 15) is 14.4 Å². The van der Waals surface area contributed by atoms with Gasteiger partial charge in [0, 0.05) is 12.0 Å². The smallest absolute Gasteiger partial charge is 0.360 e. The van der Waals surface area contributed by atoms with Gasteiger partial charge in [-0.15, -0.1) is 0 Å². The third-order valence-corrected chi connectivity index (χ3v) is 4.02. The van der Waals surface area contributed by atoms with Gasteiger partial charge in [0.2, 0.25) is 5.91 Å². The van der Waals surface area contributed by atoms with E-state index < -0.39 is 11.5 Å². The molecule has 7 nitrogen and oxygen atoms in total. The van der Waals surface area contributed by atoms with Crippen LogP contribution in [-0.4, -0.2) is 28.3 Å².